The van der Waals surface area contributed by atoms with Crippen molar-refractivity contribution in [1.29, 1.82) is 0 Å². The second kappa shape index (κ2) is 6.84. The van der Waals surface area contributed by atoms with Gasteiger partial charge in [-0.3, -0.25) is 9.20 Å². The van der Waals surface area contributed by atoms with Crippen LogP contribution in [0.25, 0.3) is 5.65 Å². The summed E-state index contributed by atoms with van der Waals surface area (Å²) < 4.78 is 1.95. The van der Waals surface area contributed by atoms with Gasteiger partial charge in [0, 0.05) is 6.20 Å². The summed E-state index contributed by atoms with van der Waals surface area (Å²) in [4.78, 5) is 15.5. The minimum atomic E-state index is -0.850. The lowest BCUT2D eigenvalue weighted by atomic mass is 10.1. The minimum absolute atomic E-state index is 0.00145. The molecule has 1 N–H and O–H groups in total. The Morgan fingerprint density at radius 2 is 1.92 bits per heavy atom. The number of azo groups is 1. The first-order valence-corrected chi connectivity index (χ1v) is 8.15. The molecule has 0 aliphatic carbocycles. The largest absolute Gasteiger partial charge is 0.481 e. The summed E-state index contributed by atoms with van der Waals surface area (Å²) in [7, 11) is 0. The number of hydrogen-bond donors (Lipinski definition) is 1. The van der Waals surface area contributed by atoms with Gasteiger partial charge in [0.25, 0.3) is 0 Å². The number of benzene rings is 1. The predicted molar refractivity (Wildman–Crippen MR) is 96.0 cm³/mol. The summed E-state index contributed by atoms with van der Waals surface area (Å²) in [6, 6.07) is 11.0. The second-order valence-electron chi connectivity index (χ2n) is 6.30. The highest BCUT2D eigenvalue weighted by molar-refractivity contribution is 5.70. The van der Waals surface area contributed by atoms with Crippen molar-refractivity contribution in [3.8, 4) is 0 Å². The van der Waals surface area contributed by atoms with Gasteiger partial charge in [0.15, 0.2) is 5.82 Å². The lowest BCUT2D eigenvalue weighted by Gasteiger charge is -2.02. The number of aliphatic carboxylic acids is 1. The van der Waals surface area contributed by atoms with Gasteiger partial charge in [0.05, 0.1) is 17.8 Å². The van der Waals surface area contributed by atoms with Gasteiger partial charge in [-0.05, 0) is 42.2 Å². The van der Waals surface area contributed by atoms with Crippen LogP contribution in [-0.4, -0.2) is 20.5 Å². The highest BCUT2D eigenvalue weighted by Crippen LogP contribution is 2.30. The van der Waals surface area contributed by atoms with Crippen LogP contribution < -0.4 is 0 Å². The molecule has 25 heavy (non-hydrogen) atoms. The number of carbonyl (C=O) groups is 1. The van der Waals surface area contributed by atoms with E-state index in [9.17, 15) is 4.79 Å². The molecule has 128 valence electrons. The van der Waals surface area contributed by atoms with Crippen LogP contribution in [0.15, 0.2) is 52.8 Å². The highest BCUT2D eigenvalue weighted by Gasteiger charge is 2.15. The number of hydrogen-bond acceptors (Lipinski definition) is 4. The molecule has 0 saturated heterocycles. The number of imidazole rings is 1. The van der Waals surface area contributed by atoms with Gasteiger partial charge in [-0.25, -0.2) is 4.98 Å². The Morgan fingerprint density at radius 3 is 2.56 bits per heavy atom. The van der Waals surface area contributed by atoms with Crippen LogP contribution in [-0.2, 0) is 11.2 Å². The van der Waals surface area contributed by atoms with Crippen LogP contribution in [0.3, 0.4) is 0 Å². The van der Waals surface area contributed by atoms with Gasteiger partial charge in [-0.15, -0.1) is 10.2 Å². The van der Waals surface area contributed by atoms with E-state index in [0.29, 0.717) is 5.69 Å². The standard InChI is InChI=1S/C19H20N4O2/c1-12(2)17-19(23-10-4-5-13(3)18(23)20-17)22-21-15-8-6-14(7-9-15)11-16(24)25/h4-10,12H,11H2,1-3H3,(H,24,25). The van der Waals surface area contributed by atoms with E-state index < -0.39 is 5.97 Å². The molecule has 0 bridgehead atoms. The predicted octanol–water partition coefficient (Wildman–Crippen LogP) is 4.81. The molecule has 1 aromatic carbocycles. The molecular formula is C19H20N4O2. The number of carboxylic acid groups (broad SMARTS) is 1. The third-order valence-corrected chi connectivity index (χ3v) is 3.94. The van der Waals surface area contributed by atoms with Crippen molar-refractivity contribution in [2.24, 2.45) is 10.2 Å². The van der Waals surface area contributed by atoms with Crippen LogP contribution in [0.2, 0.25) is 0 Å². The number of aromatic nitrogens is 2. The normalized spacial score (nSPS) is 11.7. The maximum absolute atomic E-state index is 10.7. The average molecular weight is 336 g/mol. The Balaban J connectivity index is 1.96. The Hall–Kier alpha value is -3.02. The monoisotopic (exact) mass is 336 g/mol. The van der Waals surface area contributed by atoms with E-state index >= 15 is 0 Å². The van der Waals surface area contributed by atoms with Gasteiger partial charge >= 0.3 is 5.97 Å². The number of pyridine rings is 1. The van der Waals surface area contributed by atoms with Crippen molar-refractivity contribution in [1.82, 2.24) is 9.38 Å². The van der Waals surface area contributed by atoms with Gasteiger partial charge in [-0.1, -0.05) is 32.0 Å². The molecule has 0 aliphatic rings. The quantitative estimate of drug-likeness (QED) is 0.679. The fourth-order valence-corrected chi connectivity index (χ4v) is 2.66. The lowest BCUT2D eigenvalue weighted by Crippen LogP contribution is -1.99. The molecular weight excluding hydrogens is 316 g/mol. The number of nitrogens with zero attached hydrogens (tertiary/aromatic N) is 4. The van der Waals surface area contributed by atoms with Crippen LogP contribution in [0.4, 0.5) is 11.5 Å². The molecule has 0 radical (unpaired) electrons. The number of carboxylic acids is 1. The zero-order valence-corrected chi connectivity index (χ0v) is 14.5. The molecule has 3 rings (SSSR count). The summed E-state index contributed by atoms with van der Waals surface area (Å²) in [5, 5.41) is 17.6. The van der Waals surface area contributed by atoms with Crippen molar-refractivity contribution in [3.05, 3.63) is 59.4 Å². The van der Waals surface area contributed by atoms with Gasteiger partial charge < -0.3 is 5.11 Å². The molecule has 0 saturated carbocycles. The molecule has 0 atom stereocenters. The van der Waals surface area contributed by atoms with Crippen molar-refractivity contribution in [2.45, 2.75) is 33.1 Å². The van der Waals surface area contributed by atoms with Crippen LogP contribution in [0.5, 0.6) is 0 Å². The third kappa shape index (κ3) is 3.57. The maximum atomic E-state index is 10.7. The van der Waals surface area contributed by atoms with Crippen molar-refractivity contribution < 1.29 is 9.90 Å². The Labute approximate surface area is 145 Å². The summed E-state index contributed by atoms with van der Waals surface area (Å²) in [5.41, 5.74) is 4.28. The smallest absolute Gasteiger partial charge is 0.307 e. The third-order valence-electron chi connectivity index (χ3n) is 3.94. The highest BCUT2D eigenvalue weighted by atomic mass is 16.4. The number of fused-ring (bicyclic) bond motifs is 1. The molecule has 3 aromatic rings. The van der Waals surface area contributed by atoms with Gasteiger partial charge in [0.2, 0.25) is 0 Å². The lowest BCUT2D eigenvalue weighted by molar-refractivity contribution is -0.136. The Morgan fingerprint density at radius 1 is 1.20 bits per heavy atom. The summed E-state index contributed by atoms with van der Waals surface area (Å²) >= 11 is 0. The van der Waals surface area contributed by atoms with E-state index in [0.717, 1.165) is 28.3 Å². The zero-order chi connectivity index (χ0) is 18.0. The molecule has 0 spiro atoms. The fraction of sp³-hybridized carbons (Fsp3) is 0.263. The van der Waals surface area contributed by atoms with Gasteiger partial charge in [0.1, 0.15) is 5.65 Å². The average Bonchev–Trinajstić information content (AvgIpc) is 2.94. The van der Waals surface area contributed by atoms with Crippen molar-refractivity contribution in [2.75, 3.05) is 0 Å². The second-order valence-corrected chi connectivity index (χ2v) is 6.30. The van der Waals surface area contributed by atoms with E-state index in [1.165, 1.54) is 0 Å². The van der Waals surface area contributed by atoms with Crippen molar-refractivity contribution >= 4 is 23.1 Å². The van der Waals surface area contributed by atoms with E-state index in [4.69, 9.17) is 10.1 Å². The fourth-order valence-electron chi connectivity index (χ4n) is 2.66. The van der Waals surface area contributed by atoms with Crippen LogP contribution in [0, 0.1) is 6.92 Å². The SMILES string of the molecule is Cc1cccn2c(N=Nc3ccc(CC(=O)O)cc3)c(C(C)C)nc12. The first kappa shape index (κ1) is 16.8. The van der Waals surface area contributed by atoms with Gasteiger partial charge in [-0.2, -0.15) is 0 Å². The van der Waals surface area contributed by atoms with Crippen LogP contribution in [0.1, 0.15) is 36.6 Å². The Bertz CT molecular complexity index is 940. The maximum Gasteiger partial charge on any atom is 0.307 e. The summed E-state index contributed by atoms with van der Waals surface area (Å²) in [5.74, 6) is 0.103. The van der Waals surface area contributed by atoms with E-state index in [1.807, 2.05) is 29.7 Å². The number of rotatable bonds is 5. The molecule has 2 heterocycles. The van der Waals surface area contributed by atoms with Crippen molar-refractivity contribution in [3.63, 3.8) is 0 Å². The number of aryl methyl sites for hydroxylation is 1. The van der Waals surface area contributed by atoms with E-state index in [-0.39, 0.29) is 12.3 Å². The Kier molecular flexibility index (Phi) is 4.61. The topological polar surface area (TPSA) is 79.3 Å². The molecule has 2 aromatic heterocycles. The summed E-state index contributed by atoms with van der Waals surface area (Å²) in [6.45, 7) is 6.18. The molecule has 0 unspecified atom stereocenters. The van der Waals surface area contributed by atoms with Crippen LogP contribution >= 0.6 is 0 Å². The summed E-state index contributed by atoms with van der Waals surface area (Å²) in [6.07, 6.45) is 1.94. The minimum Gasteiger partial charge on any atom is -0.481 e. The first-order valence-electron chi connectivity index (χ1n) is 8.15. The molecule has 0 fully saturated rings. The first-order chi connectivity index (χ1) is 12.0. The molecule has 6 nitrogen and oxygen atoms in total. The zero-order valence-electron chi connectivity index (χ0n) is 14.5. The van der Waals surface area contributed by atoms with E-state index in [1.54, 1.807) is 24.3 Å². The molecule has 0 aliphatic heterocycles. The molecule has 6 heteroatoms. The molecule has 0 amide bonds. The van der Waals surface area contributed by atoms with E-state index in [2.05, 4.69) is 24.1 Å².